The minimum absolute atomic E-state index is 0.0122. The molecule has 2 aliphatic heterocycles. The summed E-state index contributed by atoms with van der Waals surface area (Å²) in [6.45, 7) is 4.64. The van der Waals surface area contributed by atoms with Crippen LogP contribution in [0.2, 0.25) is 10.0 Å². The first-order valence-corrected chi connectivity index (χ1v) is 17.5. The first kappa shape index (κ1) is 32.4. The van der Waals surface area contributed by atoms with Gasteiger partial charge in [0.05, 0.1) is 18.2 Å². The zero-order valence-corrected chi connectivity index (χ0v) is 28.3. The van der Waals surface area contributed by atoms with Crippen molar-refractivity contribution in [2.45, 2.75) is 61.8 Å². The number of hydrogen-bond donors (Lipinski definition) is 1. The predicted molar refractivity (Wildman–Crippen MR) is 182 cm³/mol. The quantitative estimate of drug-likeness (QED) is 0.0415. The van der Waals surface area contributed by atoms with Gasteiger partial charge in [-0.25, -0.2) is 0 Å². The molecule has 2 atom stereocenters. The second-order valence-corrected chi connectivity index (χ2v) is 14.1. The number of aromatic nitrogens is 2. The number of halogens is 2. The second-order valence-electron chi connectivity index (χ2n) is 11.1. The Bertz CT molecular complexity index is 1830. The van der Waals surface area contributed by atoms with E-state index >= 15 is 0 Å². The van der Waals surface area contributed by atoms with E-state index in [-0.39, 0.29) is 22.6 Å². The number of hydrogen-bond acceptors (Lipinski definition) is 9. The predicted octanol–water partition coefficient (Wildman–Crippen LogP) is 8.66. The summed E-state index contributed by atoms with van der Waals surface area (Å²) < 4.78 is 12.4. The van der Waals surface area contributed by atoms with Gasteiger partial charge in [-0.3, -0.25) is 14.5 Å². The van der Waals surface area contributed by atoms with E-state index in [9.17, 15) is 14.7 Å². The van der Waals surface area contributed by atoms with E-state index < -0.39 is 17.7 Å². The van der Waals surface area contributed by atoms with Crippen molar-refractivity contribution in [1.29, 1.82) is 0 Å². The van der Waals surface area contributed by atoms with Crippen molar-refractivity contribution < 1.29 is 24.2 Å². The van der Waals surface area contributed by atoms with Crippen molar-refractivity contribution in [3.8, 4) is 11.5 Å². The van der Waals surface area contributed by atoms with Crippen molar-refractivity contribution in [2.24, 2.45) is 0 Å². The van der Waals surface area contributed by atoms with Crippen LogP contribution in [0.5, 0.6) is 11.5 Å². The van der Waals surface area contributed by atoms with Gasteiger partial charge in [-0.2, -0.15) is 0 Å². The highest BCUT2D eigenvalue weighted by Gasteiger charge is 2.48. The fourth-order valence-electron chi connectivity index (χ4n) is 5.52. The Balaban J connectivity index is 1.37. The third-order valence-corrected chi connectivity index (χ3v) is 10.5. The zero-order valence-electron chi connectivity index (χ0n) is 25.2. The fraction of sp³-hybridized carbons (Fsp3) is 0.294. The number of fused-ring (bicyclic) bond motifs is 1. The molecule has 12 heteroatoms. The number of rotatable bonds is 11. The molecule has 0 spiro atoms. The summed E-state index contributed by atoms with van der Waals surface area (Å²) in [5.74, 6) is -0.0140. The molecule has 2 aliphatic rings. The number of unbranched alkanes of at least 4 members (excludes halogenated alkanes) is 2. The number of ether oxygens (including phenoxy) is 2. The summed E-state index contributed by atoms with van der Waals surface area (Å²) in [4.78, 5) is 28.8. The van der Waals surface area contributed by atoms with Crippen LogP contribution in [0.1, 0.15) is 61.4 Å². The highest BCUT2D eigenvalue weighted by atomic mass is 35.5. The lowest BCUT2D eigenvalue weighted by Gasteiger charge is -2.23. The lowest BCUT2D eigenvalue weighted by molar-refractivity contribution is -0.132. The molecule has 0 saturated carbocycles. The van der Waals surface area contributed by atoms with Gasteiger partial charge in [-0.1, -0.05) is 84.3 Å². The van der Waals surface area contributed by atoms with Gasteiger partial charge in [-0.05, 0) is 72.5 Å². The van der Waals surface area contributed by atoms with Gasteiger partial charge in [0.15, 0.2) is 4.34 Å². The van der Waals surface area contributed by atoms with Crippen molar-refractivity contribution in [2.75, 3.05) is 11.5 Å². The number of aliphatic hydroxyl groups excluding tert-OH is 1. The molecule has 1 saturated heterocycles. The van der Waals surface area contributed by atoms with Gasteiger partial charge >= 0.3 is 5.91 Å². The largest absolute Gasteiger partial charge is 0.507 e. The topological polar surface area (TPSA) is 102 Å². The third kappa shape index (κ3) is 6.76. The van der Waals surface area contributed by atoms with E-state index in [1.165, 1.54) is 28.0 Å². The molecule has 1 aromatic heterocycles. The summed E-state index contributed by atoms with van der Waals surface area (Å²) in [5, 5.41) is 21.6. The Kier molecular flexibility index (Phi) is 9.89. The molecular formula is C34H31Cl2N3O5S2. The van der Waals surface area contributed by atoms with Crippen molar-refractivity contribution in [3.05, 3.63) is 98.5 Å². The number of benzene rings is 3. The Morgan fingerprint density at radius 3 is 2.76 bits per heavy atom. The number of aliphatic hydroxyl groups is 1. The Morgan fingerprint density at radius 2 is 1.96 bits per heavy atom. The molecule has 1 fully saturated rings. The van der Waals surface area contributed by atoms with Crippen LogP contribution in [0.25, 0.3) is 5.76 Å². The molecule has 4 aromatic rings. The van der Waals surface area contributed by atoms with Crippen molar-refractivity contribution in [3.63, 3.8) is 0 Å². The number of nitrogens with zero attached hydrogens (tertiary/aromatic N) is 3. The summed E-state index contributed by atoms with van der Waals surface area (Å²) in [5.41, 5.74) is 2.80. The molecule has 0 bridgehead atoms. The van der Waals surface area contributed by atoms with Crippen LogP contribution in [-0.4, -0.2) is 39.7 Å². The first-order valence-electron chi connectivity index (χ1n) is 15.0. The standard InChI is InChI=1S/C34H31Cl2N3O5S2/c1-3-4-5-13-43-25-8-6-7-20(16-25)29-28(30(40)21-10-12-27-23(15-21)14-19(2)44-27)31(41)32(42)39(29)33-37-38-34(46-33)45-18-22-9-11-24(35)17-26(22)36/h6-12,15-17,19,29,40H,3-5,13-14,18H2,1-2H3/b30-28+. The van der Waals surface area contributed by atoms with Crippen LogP contribution in [-0.2, 0) is 21.8 Å². The maximum Gasteiger partial charge on any atom is 0.301 e. The lowest BCUT2D eigenvalue weighted by Crippen LogP contribution is -2.29. The van der Waals surface area contributed by atoms with Crippen LogP contribution in [0, 0.1) is 0 Å². The number of anilines is 1. The van der Waals surface area contributed by atoms with Crippen LogP contribution in [0.15, 0.2) is 70.6 Å². The molecule has 8 nitrogen and oxygen atoms in total. The summed E-state index contributed by atoms with van der Waals surface area (Å²) in [7, 11) is 0. The molecular weight excluding hydrogens is 665 g/mol. The van der Waals surface area contributed by atoms with Gasteiger partial charge in [0, 0.05) is 27.8 Å². The molecule has 1 N–H and O–H groups in total. The average Bonchev–Trinajstić information content (AvgIpc) is 3.73. The molecule has 3 heterocycles. The molecule has 46 heavy (non-hydrogen) atoms. The van der Waals surface area contributed by atoms with Crippen LogP contribution >= 0.6 is 46.3 Å². The molecule has 238 valence electrons. The summed E-state index contributed by atoms with van der Waals surface area (Å²) in [6, 6.07) is 16.9. The highest BCUT2D eigenvalue weighted by Crippen LogP contribution is 2.45. The maximum absolute atomic E-state index is 13.7. The minimum Gasteiger partial charge on any atom is -0.507 e. The molecule has 2 unspecified atom stereocenters. The second kappa shape index (κ2) is 14.0. The van der Waals surface area contributed by atoms with Gasteiger partial charge in [0.2, 0.25) is 5.13 Å². The number of ketones is 1. The lowest BCUT2D eigenvalue weighted by atomic mass is 9.94. The fourth-order valence-corrected chi connectivity index (χ4v) is 7.95. The van der Waals surface area contributed by atoms with Crippen LogP contribution < -0.4 is 14.4 Å². The number of thioether (sulfide) groups is 1. The van der Waals surface area contributed by atoms with Gasteiger partial charge < -0.3 is 14.6 Å². The van der Waals surface area contributed by atoms with Crippen molar-refractivity contribution in [1.82, 2.24) is 10.2 Å². The molecule has 0 radical (unpaired) electrons. The first-order chi connectivity index (χ1) is 22.2. The maximum atomic E-state index is 13.7. The third-order valence-electron chi connectivity index (χ3n) is 7.77. The van der Waals surface area contributed by atoms with E-state index in [1.807, 2.05) is 37.3 Å². The van der Waals surface area contributed by atoms with E-state index in [0.717, 1.165) is 36.1 Å². The minimum atomic E-state index is -0.959. The van der Waals surface area contributed by atoms with Crippen molar-refractivity contribution >= 4 is 68.9 Å². The van der Waals surface area contributed by atoms with E-state index in [2.05, 4.69) is 17.1 Å². The summed E-state index contributed by atoms with van der Waals surface area (Å²) in [6.07, 6.45) is 3.72. The van der Waals surface area contributed by atoms with Crippen LogP contribution in [0.4, 0.5) is 5.13 Å². The summed E-state index contributed by atoms with van der Waals surface area (Å²) >= 11 is 15.0. The Labute approximate surface area is 285 Å². The SMILES string of the molecule is CCCCCOc1cccc(C2/C(=C(\O)c3ccc4c(c3)CC(C)O4)C(=O)C(=O)N2c2nnc(SCc3ccc(Cl)cc3Cl)s2)c1. The average molecular weight is 697 g/mol. The van der Waals surface area contributed by atoms with Crippen LogP contribution in [0.3, 0.4) is 0 Å². The molecule has 0 aliphatic carbocycles. The normalized spacial score (nSPS) is 18.6. The smallest absolute Gasteiger partial charge is 0.301 e. The Morgan fingerprint density at radius 1 is 1.11 bits per heavy atom. The zero-order chi connectivity index (χ0) is 32.4. The van der Waals surface area contributed by atoms with E-state index in [0.29, 0.717) is 50.0 Å². The monoisotopic (exact) mass is 695 g/mol. The number of carbonyl (C=O) groups excluding carboxylic acids is 2. The van der Waals surface area contributed by atoms with E-state index in [4.69, 9.17) is 32.7 Å². The Hall–Kier alpha value is -3.57. The highest BCUT2D eigenvalue weighted by molar-refractivity contribution is 8.00. The van der Waals surface area contributed by atoms with Gasteiger partial charge in [0.25, 0.3) is 5.78 Å². The number of carbonyl (C=O) groups is 2. The molecule has 1 amide bonds. The molecule has 3 aromatic carbocycles. The van der Waals surface area contributed by atoms with Gasteiger partial charge in [0.1, 0.15) is 23.4 Å². The van der Waals surface area contributed by atoms with Gasteiger partial charge in [-0.15, -0.1) is 10.2 Å². The number of Topliss-reactive ketones (excluding diaryl/α,β-unsaturated/α-hetero) is 1. The number of amides is 1. The molecule has 6 rings (SSSR count). The van der Waals surface area contributed by atoms with E-state index in [1.54, 1.807) is 30.3 Å².